The van der Waals surface area contributed by atoms with Gasteiger partial charge in [0.2, 0.25) is 5.91 Å². The predicted molar refractivity (Wildman–Crippen MR) is 114 cm³/mol. The first-order chi connectivity index (χ1) is 12.9. The number of likely N-dealkylation sites (tertiary alicyclic amines) is 1. The fourth-order valence-corrected chi connectivity index (χ4v) is 3.36. The van der Waals surface area contributed by atoms with Gasteiger partial charge in [0.1, 0.15) is 0 Å². The summed E-state index contributed by atoms with van der Waals surface area (Å²) in [7, 11) is 0. The summed E-state index contributed by atoms with van der Waals surface area (Å²) < 4.78 is 10.9. The SMILES string of the molecule is CCOCCOCc1cccc(CNC(=O)CN2CCC(N)C(C)(C)C2)c1.Cl. The van der Waals surface area contributed by atoms with E-state index in [2.05, 4.69) is 30.1 Å². The van der Waals surface area contributed by atoms with Gasteiger partial charge < -0.3 is 20.5 Å². The summed E-state index contributed by atoms with van der Waals surface area (Å²) >= 11 is 0. The van der Waals surface area contributed by atoms with Crippen molar-refractivity contribution in [3.63, 3.8) is 0 Å². The molecule has 0 radical (unpaired) electrons. The summed E-state index contributed by atoms with van der Waals surface area (Å²) in [4.78, 5) is 14.5. The summed E-state index contributed by atoms with van der Waals surface area (Å²) in [6.45, 7) is 11.5. The largest absolute Gasteiger partial charge is 0.379 e. The van der Waals surface area contributed by atoms with Crippen LogP contribution in [0.15, 0.2) is 24.3 Å². The zero-order valence-electron chi connectivity index (χ0n) is 17.4. The number of ether oxygens (including phenoxy) is 2. The maximum Gasteiger partial charge on any atom is 0.234 e. The van der Waals surface area contributed by atoms with E-state index in [0.717, 1.165) is 30.6 Å². The summed E-state index contributed by atoms with van der Waals surface area (Å²) in [6.07, 6.45) is 0.936. The van der Waals surface area contributed by atoms with Crippen molar-refractivity contribution in [1.82, 2.24) is 10.2 Å². The highest BCUT2D eigenvalue weighted by atomic mass is 35.5. The van der Waals surface area contributed by atoms with Crippen molar-refractivity contribution in [3.05, 3.63) is 35.4 Å². The zero-order chi connectivity index (χ0) is 19.7. The number of benzene rings is 1. The van der Waals surface area contributed by atoms with Crippen LogP contribution in [0, 0.1) is 5.41 Å². The molecule has 1 aromatic carbocycles. The van der Waals surface area contributed by atoms with E-state index >= 15 is 0 Å². The van der Waals surface area contributed by atoms with Gasteiger partial charge in [0, 0.05) is 32.3 Å². The lowest BCUT2D eigenvalue weighted by Gasteiger charge is -2.42. The van der Waals surface area contributed by atoms with E-state index in [1.807, 2.05) is 25.1 Å². The highest BCUT2D eigenvalue weighted by Crippen LogP contribution is 2.27. The molecule has 1 aliphatic heterocycles. The van der Waals surface area contributed by atoms with E-state index in [1.54, 1.807) is 0 Å². The Morgan fingerprint density at radius 1 is 1.29 bits per heavy atom. The summed E-state index contributed by atoms with van der Waals surface area (Å²) in [5.74, 6) is 0.0552. The number of nitrogens with one attached hydrogen (secondary N) is 1. The highest BCUT2D eigenvalue weighted by molar-refractivity contribution is 5.85. The number of hydrogen-bond donors (Lipinski definition) is 2. The molecule has 0 bridgehead atoms. The quantitative estimate of drug-likeness (QED) is 0.576. The van der Waals surface area contributed by atoms with Crippen molar-refractivity contribution in [3.8, 4) is 0 Å². The third-order valence-corrected chi connectivity index (χ3v) is 5.08. The molecule has 1 saturated heterocycles. The third-order valence-electron chi connectivity index (χ3n) is 5.08. The van der Waals surface area contributed by atoms with E-state index in [9.17, 15) is 4.79 Å². The molecule has 3 N–H and O–H groups in total. The molecular formula is C21H36ClN3O3. The number of nitrogens with zero attached hydrogens (tertiary/aromatic N) is 1. The van der Waals surface area contributed by atoms with Crippen LogP contribution < -0.4 is 11.1 Å². The fraction of sp³-hybridized carbons (Fsp3) is 0.667. The average Bonchev–Trinajstić information content (AvgIpc) is 2.63. The number of carbonyl (C=O) groups excluding carboxylic acids is 1. The average molecular weight is 414 g/mol. The van der Waals surface area contributed by atoms with E-state index in [-0.39, 0.29) is 29.8 Å². The second kappa shape index (κ2) is 12.4. The Bertz CT molecular complexity index is 598. The molecule has 1 atom stereocenters. The third kappa shape index (κ3) is 8.45. The maximum absolute atomic E-state index is 12.3. The number of hydrogen-bond acceptors (Lipinski definition) is 5. The second-order valence-corrected chi connectivity index (χ2v) is 7.94. The van der Waals surface area contributed by atoms with Crippen molar-refractivity contribution >= 4 is 18.3 Å². The number of rotatable bonds is 10. The van der Waals surface area contributed by atoms with Gasteiger partial charge in [-0.15, -0.1) is 12.4 Å². The van der Waals surface area contributed by atoms with Crippen LogP contribution in [0.25, 0.3) is 0 Å². The monoisotopic (exact) mass is 413 g/mol. The smallest absolute Gasteiger partial charge is 0.234 e. The Morgan fingerprint density at radius 3 is 2.71 bits per heavy atom. The van der Waals surface area contributed by atoms with Crippen LogP contribution in [0.2, 0.25) is 0 Å². The van der Waals surface area contributed by atoms with Gasteiger partial charge in [0.15, 0.2) is 0 Å². The number of amides is 1. The maximum atomic E-state index is 12.3. The molecular weight excluding hydrogens is 378 g/mol. The summed E-state index contributed by atoms with van der Waals surface area (Å²) in [5.41, 5.74) is 8.40. The van der Waals surface area contributed by atoms with Gasteiger partial charge in [0.25, 0.3) is 0 Å². The van der Waals surface area contributed by atoms with Crippen LogP contribution in [0.1, 0.15) is 38.3 Å². The van der Waals surface area contributed by atoms with Crippen LogP contribution in [-0.2, 0) is 27.4 Å². The molecule has 1 fully saturated rings. The lowest BCUT2D eigenvalue weighted by molar-refractivity contribution is -0.123. The van der Waals surface area contributed by atoms with Gasteiger partial charge in [-0.2, -0.15) is 0 Å². The normalized spacial score (nSPS) is 19.1. The molecule has 0 spiro atoms. The van der Waals surface area contributed by atoms with Gasteiger partial charge in [-0.05, 0) is 29.9 Å². The van der Waals surface area contributed by atoms with E-state index < -0.39 is 0 Å². The van der Waals surface area contributed by atoms with Crippen LogP contribution in [0.3, 0.4) is 0 Å². The van der Waals surface area contributed by atoms with Crippen LogP contribution in [0.4, 0.5) is 0 Å². The molecule has 28 heavy (non-hydrogen) atoms. The molecule has 1 aromatic rings. The molecule has 0 saturated carbocycles. The molecule has 1 amide bonds. The van der Waals surface area contributed by atoms with Gasteiger partial charge in [0.05, 0.1) is 26.4 Å². The zero-order valence-corrected chi connectivity index (χ0v) is 18.2. The van der Waals surface area contributed by atoms with Gasteiger partial charge in [-0.3, -0.25) is 9.69 Å². The molecule has 160 valence electrons. The minimum Gasteiger partial charge on any atom is -0.379 e. The van der Waals surface area contributed by atoms with Crippen LogP contribution in [0.5, 0.6) is 0 Å². The van der Waals surface area contributed by atoms with E-state index in [4.69, 9.17) is 15.2 Å². The number of nitrogens with two attached hydrogens (primary N) is 1. The Balaban J connectivity index is 0.00000392. The lowest BCUT2D eigenvalue weighted by atomic mass is 9.80. The second-order valence-electron chi connectivity index (χ2n) is 7.94. The molecule has 1 heterocycles. The summed E-state index contributed by atoms with van der Waals surface area (Å²) in [5, 5.41) is 3.02. The molecule has 1 aliphatic rings. The van der Waals surface area contributed by atoms with E-state index in [1.165, 1.54) is 0 Å². The number of piperidine rings is 1. The summed E-state index contributed by atoms with van der Waals surface area (Å²) in [6, 6.07) is 8.33. The van der Waals surface area contributed by atoms with Crippen molar-refractivity contribution in [1.29, 1.82) is 0 Å². The van der Waals surface area contributed by atoms with Crippen LogP contribution >= 0.6 is 12.4 Å². The first-order valence-electron chi connectivity index (χ1n) is 9.88. The van der Waals surface area contributed by atoms with Crippen molar-refractivity contribution < 1.29 is 14.3 Å². The minimum absolute atomic E-state index is 0. The first-order valence-corrected chi connectivity index (χ1v) is 9.88. The van der Waals surface area contributed by atoms with Gasteiger partial charge >= 0.3 is 0 Å². The minimum atomic E-state index is 0. The van der Waals surface area contributed by atoms with Gasteiger partial charge in [-0.1, -0.05) is 38.1 Å². The molecule has 6 nitrogen and oxygen atoms in total. The molecule has 0 aliphatic carbocycles. The number of carbonyl (C=O) groups is 1. The Morgan fingerprint density at radius 2 is 2.00 bits per heavy atom. The van der Waals surface area contributed by atoms with E-state index in [0.29, 0.717) is 39.5 Å². The Hall–Kier alpha value is -1.18. The van der Waals surface area contributed by atoms with Crippen molar-refractivity contribution in [2.24, 2.45) is 11.1 Å². The van der Waals surface area contributed by atoms with Gasteiger partial charge in [-0.25, -0.2) is 0 Å². The molecule has 7 heteroatoms. The Kier molecular flexibility index (Phi) is 11.0. The topological polar surface area (TPSA) is 76.8 Å². The van der Waals surface area contributed by atoms with Crippen LogP contribution in [-0.4, -0.2) is 56.3 Å². The first kappa shape index (κ1) is 24.9. The standard InChI is InChI=1S/C21H35N3O3.ClH/c1-4-26-10-11-27-15-18-7-5-6-17(12-18)13-23-20(25)14-24-9-8-19(22)21(2,3)16-24;/h5-7,12,19H,4,8-11,13-16,22H2,1-3H3,(H,23,25);1H. The number of halogens is 1. The Labute approximate surface area is 175 Å². The lowest BCUT2D eigenvalue weighted by Crippen LogP contribution is -2.54. The molecule has 1 unspecified atom stereocenters. The van der Waals surface area contributed by atoms with Crippen molar-refractivity contribution in [2.75, 3.05) is 39.5 Å². The fourth-order valence-electron chi connectivity index (χ4n) is 3.36. The molecule has 0 aromatic heterocycles. The highest BCUT2D eigenvalue weighted by Gasteiger charge is 2.33. The predicted octanol–water partition coefficient (Wildman–Crippen LogP) is 2.34. The molecule has 2 rings (SSSR count). The van der Waals surface area contributed by atoms with Crippen molar-refractivity contribution in [2.45, 2.75) is 46.4 Å².